The molecule has 0 bridgehead atoms. The number of hydrogen-bond acceptors (Lipinski definition) is 4. The summed E-state index contributed by atoms with van der Waals surface area (Å²) in [5, 5.41) is 5.07. The van der Waals surface area contributed by atoms with Gasteiger partial charge in [0, 0.05) is 26.1 Å². The van der Waals surface area contributed by atoms with Crippen molar-refractivity contribution in [1.82, 2.24) is 14.9 Å². The van der Waals surface area contributed by atoms with Crippen molar-refractivity contribution in [2.45, 2.75) is 49.1 Å². The van der Waals surface area contributed by atoms with Crippen LogP contribution >= 0.6 is 12.4 Å². The van der Waals surface area contributed by atoms with Crippen molar-refractivity contribution in [3.8, 4) is 0 Å². The smallest absolute Gasteiger partial charge is 0.262 e. The lowest BCUT2D eigenvalue weighted by Gasteiger charge is -2.27. The number of nitrogens with zero attached hydrogens (tertiary/aromatic N) is 1. The van der Waals surface area contributed by atoms with Crippen LogP contribution in [0.5, 0.6) is 0 Å². The molecule has 152 valence electrons. The van der Waals surface area contributed by atoms with E-state index in [0.29, 0.717) is 18.7 Å². The standard InChI is InChI=1S/C17H23F2N3O3S.ClH/c18-17(19)10-14(21-12-17)16(23)20-11-13-6-2-3-7-15(13)26(24,25)22-8-4-1-5-9-22;/h2-3,6-7,14,21H,1,4-5,8-12H2,(H,20,23);1H. The lowest BCUT2D eigenvalue weighted by atomic mass is 10.1. The van der Waals surface area contributed by atoms with Gasteiger partial charge in [0.05, 0.1) is 17.5 Å². The van der Waals surface area contributed by atoms with Crippen LogP contribution < -0.4 is 10.6 Å². The third-order valence-corrected chi connectivity index (χ3v) is 6.78. The fourth-order valence-corrected chi connectivity index (χ4v) is 5.09. The second-order valence-corrected chi connectivity index (χ2v) is 8.69. The van der Waals surface area contributed by atoms with Gasteiger partial charge in [0.25, 0.3) is 5.92 Å². The molecule has 0 radical (unpaired) electrons. The predicted octanol–water partition coefficient (Wildman–Crippen LogP) is 1.90. The lowest BCUT2D eigenvalue weighted by molar-refractivity contribution is -0.123. The highest BCUT2D eigenvalue weighted by Crippen LogP contribution is 2.26. The summed E-state index contributed by atoms with van der Waals surface area (Å²) in [5.74, 6) is -3.44. The maximum Gasteiger partial charge on any atom is 0.262 e. The van der Waals surface area contributed by atoms with E-state index in [0.717, 1.165) is 19.3 Å². The van der Waals surface area contributed by atoms with Crippen molar-refractivity contribution in [3.63, 3.8) is 0 Å². The molecular formula is C17H24ClF2N3O3S. The maximum absolute atomic E-state index is 13.2. The zero-order valence-corrected chi connectivity index (χ0v) is 16.4. The van der Waals surface area contributed by atoms with Crippen molar-refractivity contribution >= 4 is 28.3 Å². The number of carbonyl (C=O) groups is 1. The molecular weight excluding hydrogens is 400 g/mol. The van der Waals surface area contributed by atoms with Crippen LogP contribution in [-0.4, -0.2) is 50.2 Å². The number of piperidine rings is 1. The Morgan fingerprint density at radius 3 is 2.52 bits per heavy atom. The number of amides is 1. The molecule has 0 aromatic heterocycles. The molecule has 2 aliphatic rings. The van der Waals surface area contributed by atoms with E-state index in [1.807, 2.05) is 0 Å². The highest BCUT2D eigenvalue weighted by Gasteiger charge is 2.42. The number of benzene rings is 1. The summed E-state index contributed by atoms with van der Waals surface area (Å²) >= 11 is 0. The average molecular weight is 424 g/mol. The van der Waals surface area contributed by atoms with Gasteiger partial charge in [0.1, 0.15) is 0 Å². The minimum Gasteiger partial charge on any atom is -0.351 e. The Morgan fingerprint density at radius 2 is 1.89 bits per heavy atom. The van der Waals surface area contributed by atoms with E-state index >= 15 is 0 Å². The van der Waals surface area contributed by atoms with Crippen molar-refractivity contribution in [1.29, 1.82) is 0 Å². The first-order valence-corrected chi connectivity index (χ1v) is 10.2. The second kappa shape index (κ2) is 8.81. The van der Waals surface area contributed by atoms with Gasteiger partial charge in [-0.1, -0.05) is 24.6 Å². The van der Waals surface area contributed by atoms with E-state index < -0.39 is 40.9 Å². The van der Waals surface area contributed by atoms with Crippen molar-refractivity contribution in [3.05, 3.63) is 29.8 Å². The van der Waals surface area contributed by atoms with E-state index in [1.165, 1.54) is 10.4 Å². The van der Waals surface area contributed by atoms with Crippen molar-refractivity contribution in [2.75, 3.05) is 19.6 Å². The van der Waals surface area contributed by atoms with E-state index in [2.05, 4.69) is 10.6 Å². The van der Waals surface area contributed by atoms with E-state index in [4.69, 9.17) is 0 Å². The number of halogens is 3. The molecule has 1 amide bonds. The summed E-state index contributed by atoms with van der Waals surface area (Å²) in [7, 11) is -3.63. The summed E-state index contributed by atoms with van der Waals surface area (Å²) in [6.07, 6.45) is 2.13. The molecule has 2 saturated heterocycles. The SMILES string of the molecule is Cl.O=C(NCc1ccccc1S(=O)(=O)N1CCCCC1)C1CC(F)(F)CN1. The molecule has 1 aromatic rings. The topological polar surface area (TPSA) is 78.5 Å². The largest absolute Gasteiger partial charge is 0.351 e. The molecule has 1 aromatic carbocycles. The van der Waals surface area contributed by atoms with E-state index in [-0.39, 0.29) is 23.8 Å². The number of rotatable bonds is 5. The molecule has 1 atom stereocenters. The number of alkyl halides is 2. The molecule has 2 fully saturated rings. The molecule has 0 saturated carbocycles. The molecule has 0 aliphatic carbocycles. The Labute approximate surface area is 164 Å². The Balaban J connectivity index is 0.00000261. The highest BCUT2D eigenvalue weighted by molar-refractivity contribution is 7.89. The average Bonchev–Trinajstić information content (AvgIpc) is 3.00. The van der Waals surface area contributed by atoms with Gasteiger partial charge in [-0.3, -0.25) is 10.1 Å². The summed E-state index contributed by atoms with van der Waals surface area (Å²) in [4.78, 5) is 12.3. The molecule has 1 unspecified atom stereocenters. The van der Waals surface area contributed by atoms with Gasteiger partial charge in [-0.25, -0.2) is 17.2 Å². The molecule has 0 spiro atoms. The Morgan fingerprint density at radius 1 is 1.22 bits per heavy atom. The first-order chi connectivity index (χ1) is 12.3. The molecule has 6 nitrogen and oxygen atoms in total. The lowest BCUT2D eigenvalue weighted by Crippen LogP contribution is -2.40. The Hall–Kier alpha value is -1.29. The third kappa shape index (κ3) is 5.16. The summed E-state index contributed by atoms with van der Waals surface area (Å²) in [6, 6.07) is 5.53. The van der Waals surface area contributed by atoms with E-state index in [1.54, 1.807) is 18.2 Å². The van der Waals surface area contributed by atoms with Crippen LogP contribution in [0.25, 0.3) is 0 Å². The third-order valence-electron chi connectivity index (χ3n) is 4.78. The first-order valence-electron chi connectivity index (χ1n) is 8.77. The maximum atomic E-state index is 13.2. The zero-order chi connectivity index (χ0) is 18.8. The fourth-order valence-electron chi connectivity index (χ4n) is 3.35. The van der Waals surface area contributed by atoms with Crippen LogP contribution in [0.1, 0.15) is 31.2 Å². The number of sulfonamides is 1. The van der Waals surface area contributed by atoms with Crippen LogP contribution in [0.3, 0.4) is 0 Å². The Bertz CT molecular complexity index is 770. The van der Waals surface area contributed by atoms with Crippen LogP contribution in [0, 0.1) is 0 Å². The van der Waals surface area contributed by atoms with E-state index in [9.17, 15) is 22.0 Å². The van der Waals surface area contributed by atoms with Gasteiger partial charge in [0.15, 0.2) is 0 Å². The first kappa shape index (κ1) is 22.0. The molecule has 2 aliphatic heterocycles. The number of carbonyl (C=O) groups excluding carboxylic acids is 1. The fraction of sp³-hybridized carbons (Fsp3) is 0.588. The van der Waals surface area contributed by atoms with Crippen molar-refractivity contribution in [2.24, 2.45) is 0 Å². The monoisotopic (exact) mass is 423 g/mol. The van der Waals surface area contributed by atoms with Crippen LogP contribution in [0.15, 0.2) is 29.2 Å². The Kier molecular flexibility index (Phi) is 7.18. The second-order valence-electron chi connectivity index (χ2n) is 6.78. The number of nitrogens with one attached hydrogen (secondary N) is 2. The molecule has 10 heteroatoms. The van der Waals surface area contributed by atoms with Gasteiger partial charge in [0.2, 0.25) is 15.9 Å². The van der Waals surface area contributed by atoms with Gasteiger partial charge in [-0.05, 0) is 24.5 Å². The molecule has 3 rings (SSSR count). The highest BCUT2D eigenvalue weighted by atomic mass is 35.5. The van der Waals surface area contributed by atoms with Gasteiger partial charge in [-0.15, -0.1) is 12.4 Å². The van der Waals surface area contributed by atoms with Crippen LogP contribution in [0.2, 0.25) is 0 Å². The molecule has 2 N–H and O–H groups in total. The van der Waals surface area contributed by atoms with Gasteiger partial charge in [-0.2, -0.15) is 4.31 Å². The predicted molar refractivity (Wildman–Crippen MR) is 99.5 cm³/mol. The van der Waals surface area contributed by atoms with Gasteiger partial charge >= 0.3 is 0 Å². The zero-order valence-electron chi connectivity index (χ0n) is 14.8. The quantitative estimate of drug-likeness (QED) is 0.758. The number of hydrogen-bond donors (Lipinski definition) is 2. The summed E-state index contributed by atoms with van der Waals surface area (Å²) in [5.41, 5.74) is 0.455. The summed E-state index contributed by atoms with van der Waals surface area (Å²) in [6.45, 7) is 0.436. The van der Waals surface area contributed by atoms with Crippen molar-refractivity contribution < 1.29 is 22.0 Å². The normalized spacial score (nSPS) is 22.8. The minimum absolute atomic E-state index is 0. The van der Waals surface area contributed by atoms with Gasteiger partial charge < -0.3 is 5.32 Å². The molecule has 2 heterocycles. The van der Waals surface area contributed by atoms with Crippen LogP contribution in [0.4, 0.5) is 8.78 Å². The van der Waals surface area contributed by atoms with Crippen LogP contribution in [-0.2, 0) is 21.4 Å². The summed E-state index contributed by atoms with van der Waals surface area (Å²) < 4.78 is 53.7. The molecule has 27 heavy (non-hydrogen) atoms. The minimum atomic E-state index is -3.63.